The van der Waals surface area contributed by atoms with Crippen molar-refractivity contribution in [1.82, 2.24) is 19.9 Å². The summed E-state index contributed by atoms with van der Waals surface area (Å²) in [5.41, 5.74) is 1.49. The second kappa shape index (κ2) is 8.70. The van der Waals surface area contributed by atoms with Crippen LogP contribution in [0.5, 0.6) is 0 Å². The molecule has 2 heterocycles. The fourth-order valence-electron chi connectivity index (χ4n) is 3.82. The van der Waals surface area contributed by atoms with Crippen molar-refractivity contribution in [1.29, 1.82) is 0 Å². The third-order valence-electron chi connectivity index (χ3n) is 5.62. The predicted molar refractivity (Wildman–Crippen MR) is 121 cm³/mol. The number of benzene rings is 3. The van der Waals surface area contributed by atoms with Crippen LogP contribution in [0.25, 0.3) is 10.9 Å². The molecule has 0 N–H and O–H groups in total. The molecule has 9 heteroatoms. The Hall–Kier alpha value is -4.66. The standard InChI is InChI=1S/C25H18N4O5/c30-22-18-11-10-17(14-20(18)23(31)28(22)13-12-16-6-2-1-3-7-16)25(33)34-15-29-24(32)19-8-4-5-9-21(19)26-27-29/h1-11,14H,12-13,15H2. The molecule has 2 amide bonds. The van der Waals surface area contributed by atoms with Crippen LogP contribution in [0, 0.1) is 0 Å². The molecule has 0 bridgehead atoms. The Morgan fingerprint density at radius 1 is 0.853 bits per heavy atom. The van der Waals surface area contributed by atoms with Crippen LogP contribution >= 0.6 is 0 Å². The molecule has 4 aromatic rings. The minimum absolute atomic E-state index is 0.0895. The van der Waals surface area contributed by atoms with E-state index in [0.29, 0.717) is 17.3 Å². The summed E-state index contributed by atoms with van der Waals surface area (Å²) in [5, 5.41) is 8.07. The number of amides is 2. The van der Waals surface area contributed by atoms with Crippen molar-refractivity contribution < 1.29 is 19.1 Å². The number of carbonyl (C=O) groups is 3. The minimum Gasteiger partial charge on any atom is -0.439 e. The fourth-order valence-corrected chi connectivity index (χ4v) is 3.82. The van der Waals surface area contributed by atoms with E-state index in [-0.39, 0.29) is 23.2 Å². The van der Waals surface area contributed by atoms with Gasteiger partial charge in [0.15, 0.2) is 6.73 Å². The highest BCUT2D eigenvalue weighted by atomic mass is 16.5. The number of imide groups is 1. The molecule has 0 radical (unpaired) electrons. The number of ether oxygens (including phenoxy) is 1. The highest BCUT2D eigenvalue weighted by molar-refractivity contribution is 6.22. The zero-order valence-electron chi connectivity index (χ0n) is 17.9. The molecule has 1 aliphatic heterocycles. The van der Waals surface area contributed by atoms with Crippen molar-refractivity contribution in [3.05, 3.63) is 105 Å². The largest absolute Gasteiger partial charge is 0.439 e. The molecular weight excluding hydrogens is 436 g/mol. The summed E-state index contributed by atoms with van der Waals surface area (Å²) < 4.78 is 6.15. The molecule has 0 atom stereocenters. The van der Waals surface area contributed by atoms with Crippen LogP contribution in [0.4, 0.5) is 0 Å². The normalized spacial score (nSPS) is 12.8. The van der Waals surface area contributed by atoms with Crippen molar-refractivity contribution in [2.45, 2.75) is 13.2 Å². The maximum atomic E-state index is 12.8. The van der Waals surface area contributed by atoms with Gasteiger partial charge in [-0.2, -0.15) is 4.68 Å². The van der Waals surface area contributed by atoms with Crippen molar-refractivity contribution >= 4 is 28.7 Å². The smallest absolute Gasteiger partial charge is 0.339 e. The summed E-state index contributed by atoms with van der Waals surface area (Å²) in [6, 6.07) is 20.5. The topological polar surface area (TPSA) is 111 Å². The molecule has 168 valence electrons. The van der Waals surface area contributed by atoms with Crippen molar-refractivity contribution in [3.63, 3.8) is 0 Å². The average Bonchev–Trinajstić information content (AvgIpc) is 3.11. The number of aromatic nitrogens is 3. The first-order valence-electron chi connectivity index (χ1n) is 10.6. The highest BCUT2D eigenvalue weighted by Crippen LogP contribution is 2.24. The molecule has 0 unspecified atom stereocenters. The quantitative estimate of drug-likeness (QED) is 0.325. The third-order valence-corrected chi connectivity index (χ3v) is 5.62. The van der Waals surface area contributed by atoms with Gasteiger partial charge < -0.3 is 4.74 Å². The lowest BCUT2D eigenvalue weighted by Crippen LogP contribution is -2.31. The number of hydrogen-bond acceptors (Lipinski definition) is 7. The Kier molecular flexibility index (Phi) is 5.43. The molecule has 0 saturated heterocycles. The number of hydrogen-bond donors (Lipinski definition) is 0. The first-order valence-corrected chi connectivity index (χ1v) is 10.6. The van der Waals surface area contributed by atoms with E-state index in [2.05, 4.69) is 10.3 Å². The van der Waals surface area contributed by atoms with Gasteiger partial charge in [0.1, 0.15) is 5.52 Å². The summed E-state index contributed by atoms with van der Waals surface area (Å²) in [7, 11) is 0. The van der Waals surface area contributed by atoms with E-state index in [4.69, 9.17) is 4.74 Å². The molecule has 1 aromatic heterocycles. The molecular formula is C25H18N4O5. The summed E-state index contributed by atoms with van der Waals surface area (Å²) in [6.07, 6.45) is 0.531. The lowest BCUT2D eigenvalue weighted by molar-refractivity contribution is 0.0336. The van der Waals surface area contributed by atoms with E-state index in [1.165, 1.54) is 23.1 Å². The molecule has 9 nitrogen and oxygen atoms in total. The lowest BCUT2D eigenvalue weighted by Gasteiger charge is -2.13. The number of carbonyl (C=O) groups excluding carboxylic acids is 3. The van der Waals surface area contributed by atoms with Crippen LogP contribution in [-0.4, -0.2) is 44.2 Å². The van der Waals surface area contributed by atoms with Gasteiger partial charge in [-0.25, -0.2) is 4.79 Å². The van der Waals surface area contributed by atoms with E-state index in [1.807, 2.05) is 30.3 Å². The summed E-state index contributed by atoms with van der Waals surface area (Å²) >= 11 is 0. The summed E-state index contributed by atoms with van der Waals surface area (Å²) in [6.45, 7) is -0.206. The molecule has 0 saturated carbocycles. The van der Waals surface area contributed by atoms with Crippen LogP contribution in [0.1, 0.15) is 36.6 Å². The van der Waals surface area contributed by atoms with Crippen LogP contribution in [0.2, 0.25) is 0 Å². The number of esters is 1. The zero-order valence-corrected chi connectivity index (χ0v) is 17.9. The molecule has 3 aromatic carbocycles. The molecule has 0 fully saturated rings. The van der Waals surface area contributed by atoms with Crippen LogP contribution < -0.4 is 5.56 Å². The van der Waals surface area contributed by atoms with Gasteiger partial charge in [-0.15, -0.1) is 5.10 Å². The summed E-state index contributed by atoms with van der Waals surface area (Å²) in [4.78, 5) is 51.8. The van der Waals surface area contributed by atoms with E-state index in [1.54, 1.807) is 24.3 Å². The minimum atomic E-state index is -0.757. The Bertz CT molecular complexity index is 1500. The number of fused-ring (bicyclic) bond motifs is 2. The van der Waals surface area contributed by atoms with Gasteiger partial charge in [-0.1, -0.05) is 47.7 Å². The zero-order chi connectivity index (χ0) is 23.7. The fraction of sp³-hybridized carbons (Fsp3) is 0.120. The Morgan fingerprint density at radius 2 is 1.59 bits per heavy atom. The monoisotopic (exact) mass is 454 g/mol. The van der Waals surface area contributed by atoms with E-state index in [9.17, 15) is 19.2 Å². The molecule has 0 aliphatic carbocycles. The first kappa shape index (κ1) is 21.2. The van der Waals surface area contributed by atoms with Gasteiger partial charge >= 0.3 is 5.97 Å². The SMILES string of the molecule is O=C(OCn1nnc2ccccc2c1=O)c1ccc2c(c1)C(=O)N(CCc1ccccc1)C2=O. The van der Waals surface area contributed by atoms with Gasteiger partial charge in [-0.3, -0.25) is 19.3 Å². The maximum absolute atomic E-state index is 12.8. The third kappa shape index (κ3) is 3.83. The predicted octanol–water partition coefficient (Wildman–Crippen LogP) is 2.44. The maximum Gasteiger partial charge on any atom is 0.339 e. The van der Waals surface area contributed by atoms with Gasteiger partial charge in [0, 0.05) is 6.54 Å². The molecule has 5 rings (SSSR count). The number of rotatable bonds is 6. The lowest BCUT2D eigenvalue weighted by atomic mass is 10.1. The van der Waals surface area contributed by atoms with E-state index < -0.39 is 30.1 Å². The van der Waals surface area contributed by atoms with Crippen molar-refractivity contribution in [2.24, 2.45) is 0 Å². The molecule has 34 heavy (non-hydrogen) atoms. The van der Waals surface area contributed by atoms with Crippen molar-refractivity contribution in [3.8, 4) is 0 Å². The number of nitrogens with zero attached hydrogens (tertiary/aromatic N) is 4. The van der Waals surface area contributed by atoms with Gasteiger partial charge in [0.25, 0.3) is 17.4 Å². The average molecular weight is 454 g/mol. The second-order valence-corrected chi connectivity index (χ2v) is 7.73. The van der Waals surface area contributed by atoms with Crippen LogP contribution in [0.15, 0.2) is 77.6 Å². The van der Waals surface area contributed by atoms with Gasteiger partial charge in [-0.05, 0) is 42.3 Å². The Morgan fingerprint density at radius 3 is 2.41 bits per heavy atom. The van der Waals surface area contributed by atoms with E-state index in [0.717, 1.165) is 10.2 Å². The molecule has 1 aliphatic rings. The van der Waals surface area contributed by atoms with Crippen LogP contribution in [0.3, 0.4) is 0 Å². The molecule has 0 spiro atoms. The Labute approximate surface area is 193 Å². The van der Waals surface area contributed by atoms with Gasteiger partial charge in [0.2, 0.25) is 0 Å². The van der Waals surface area contributed by atoms with Crippen molar-refractivity contribution in [2.75, 3.05) is 6.54 Å². The van der Waals surface area contributed by atoms with Crippen LogP contribution in [-0.2, 0) is 17.9 Å². The Balaban J connectivity index is 1.29. The first-order chi connectivity index (χ1) is 16.5. The second-order valence-electron chi connectivity index (χ2n) is 7.73. The highest BCUT2D eigenvalue weighted by Gasteiger charge is 2.35. The van der Waals surface area contributed by atoms with Gasteiger partial charge in [0.05, 0.1) is 22.1 Å². The summed E-state index contributed by atoms with van der Waals surface area (Å²) in [5.74, 6) is -1.61. The van der Waals surface area contributed by atoms with E-state index >= 15 is 0 Å².